The summed E-state index contributed by atoms with van der Waals surface area (Å²) in [6.45, 7) is 15.3. The van der Waals surface area contributed by atoms with Crippen molar-refractivity contribution in [3.05, 3.63) is 0 Å². The second kappa shape index (κ2) is 5.95. The lowest BCUT2D eigenvalue weighted by atomic mass is 10.5. The molecule has 0 bridgehead atoms. The van der Waals surface area contributed by atoms with E-state index >= 15 is 0 Å². The molecule has 0 aromatic heterocycles. The van der Waals surface area contributed by atoms with E-state index in [1.165, 1.54) is 12.5 Å². The van der Waals surface area contributed by atoms with E-state index in [4.69, 9.17) is 4.43 Å². The van der Waals surface area contributed by atoms with Crippen LogP contribution in [0.1, 0.15) is 20.3 Å². The van der Waals surface area contributed by atoms with Gasteiger partial charge in [0.15, 0.2) is 16.6 Å². The Kier molecular flexibility index (Phi) is 6.16. The fourth-order valence-electron chi connectivity index (χ4n) is 1.99. The van der Waals surface area contributed by atoms with E-state index in [9.17, 15) is 4.80 Å². The highest BCUT2D eigenvalue weighted by molar-refractivity contribution is 6.70. The van der Waals surface area contributed by atoms with Gasteiger partial charge in [-0.25, -0.2) is 0 Å². The maximum atomic E-state index is 9.76. The maximum absolute atomic E-state index is 9.76. The van der Waals surface area contributed by atoms with Crippen molar-refractivity contribution in [2.24, 2.45) is 0 Å². The number of hydrogen-bond acceptors (Lipinski definition) is 2. The van der Waals surface area contributed by atoms with Crippen LogP contribution < -0.4 is 0 Å². The van der Waals surface area contributed by atoms with Crippen molar-refractivity contribution in [2.75, 3.05) is 0 Å². The van der Waals surface area contributed by atoms with Gasteiger partial charge in [-0.3, -0.25) is 0 Å². The quantitative estimate of drug-likeness (QED) is 0.573. The van der Waals surface area contributed by atoms with E-state index in [1.807, 2.05) is 13.1 Å². The molecule has 0 saturated carbocycles. The molecule has 0 heterocycles. The summed E-state index contributed by atoms with van der Waals surface area (Å²) in [7, 11) is -3.39. The van der Waals surface area contributed by atoms with E-state index in [0.717, 1.165) is 6.04 Å². The van der Waals surface area contributed by atoms with Crippen LogP contribution in [0.25, 0.3) is 0 Å². The van der Waals surface area contributed by atoms with Crippen LogP contribution in [0.4, 0.5) is 0 Å². The molecule has 0 fully saturated rings. The van der Waals surface area contributed by atoms with E-state index < -0.39 is 16.6 Å². The zero-order valence-electron chi connectivity index (χ0n) is 12.2. The van der Waals surface area contributed by atoms with Crippen LogP contribution in [0.2, 0.25) is 44.8 Å². The molecule has 5 heteroatoms. The molecule has 0 aliphatic carbocycles. The van der Waals surface area contributed by atoms with Crippen molar-refractivity contribution in [3.63, 3.8) is 0 Å². The maximum Gasteiger partial charge on any atom is 0.183 e. The van der Waals surface area contributed by atoms with Crippen molar-refractivity contribution in [1.82, 2.24) is 0 Å². The molecule has 1 N–H and O–H groups in total. The molecule has 0 aromatic carbocycles. The molecule has 0 radical (unpaired) electrons. The van der Waals surface area contributed by atoms with Gasteiger partial charge < -0.3 is 9.22 Å². The van der Waals surface area contributed by atoms with Crippen molar-refractivity contribution in [3.8, 4) is 0 Å². The highest BCUT2D eigenvalue weighted by atomic mass is 28.4. The first-order valence-corrected chi connectivity index (χ1v) is 14.6. The Bertz CT molecular complexity index is 204. The summed E-state index contributed by atoms with van der Waals surface area (Å²) in [6, 6.07) is 2.34. The third-order valence-electron chi connectivity index (χ3n) is 2.40. The van der Waals surface area contributed by atoms with Gasteiger partial charge in [-0.2, -0.15) is 0 Å². The van der Waals surface area contributed by atoms with Gasteiger partial charge in [0, 0.05) is 5.22 Å². The van der Waals surface area contributed by atoms with Crippen LogP contribution in [0, 0.1) is 0 Å². The van der Waals surface area contributed by atoms with E-state index in [2.05, 4.69) is 33.5 Å². The van der Waals surface area contributed by atoms with Crippen molar-refractivity contribution in [2.45, 2.75) is 70.3 Å². The summed E-state index contributed by atoms with van der Waals surface area (Å²) in [5, 5.41) is 0.144. The van der Waals surface area contributed by atoms with Gasteiger partial charge in [-0.1, -0.05) is 12.5 Å². The lowest BCUT2D eigenvalue weighted by Crippen LogP contribution is -2.42. The van der Waals surface area contributed by atoms with Crippen LogP contribution >= 0.6 is 0 Å². The highest BCUT2D eigenvalue weighted by Gasteiger charge is 2.27. The summed E-state index contributed by atoms with van der Waals surface area (Å²) < 4.78 is 6.21. The van der Waals surface area contributed by atoms with Gasteiger partial charge in [0.05, 0.1) is 9.52 Å². The summed E-state index contributed by atoms with van der Waals surface area (Å²) in [5.41, 5.74) is 0. The minimum atomic E-state index is -1.81. The second-order valence-electron chi connectivity index (χ2n) is 6.99. The van der Waals surface area contributed by atoms with Crippen molar-refractivity contribution >= 4 is 26.2 Å². The average Bonchev–Trinajstić information content (AvgIpc) is 1.91. The van der Waals surface area contributed by atoms with Gasteiger partial charge in [0.1, 0.15) is 0 Å². The molecule has 2 nitrogen and oxygen atoms in total. The standard InChI is InChI=1S/C11H30O2Si3/c1-11(2,13-15(3,4)5)14-9-8-10-16(6,7)12/h12H,8-10,14H2,1-7H3. The molecule has 16 heavy (non-hydrogen) atoms. The Labute approximate surface area is 106 Å². The first-order valence-electron chi connectivity index (χ1n) is 6.34. The molecule has 0 aliphatic rings. The van der Waals surface area contributed by atoms with E-state index in [0.29, 0.717) is 0 Å². The molecule has 0 spiro atoms. The fourth-order valence-corrected chi connectivity index (χ4v) is 8.32. The Morgan fingerprint density at radius 1 is 1.12 bits per heavy atom. The average molecular weight is 279 g/mol. The molecule has 0 aromatic rings. The lowest BCUT2D eigenvalue weighted by Gasteiger charge is -2.33. The van der Waals surface area contributed by atoms with Gasteiger partial charge in [0.25, 0.3) is 0 Å². The van der Waals surface area contributed by atoms with Gasteiger partial charge in [-0.15, -0.1) is 0 Å². The molecule has 0 atom stereocenters. The molecule has 0 aliphatic heterocycles. The first kappa shape index (κ1) is 16.6. The van der Waals surface area contributed by atoms with Crippen LogP contribution in [0.3, 0.4) is 0 Å². The SMILES string of the molecule is CC(C)(O[Si](C)(C)C)[SiH2]CCC[Si](C)(C)O. The van der Waals surface area contributed by atoms with Crippen molar-refractivity contribution < 1.29 is 9.22 Å². The van der Waals surface area contributed by atoms with Crippen LogP contribution in [0.15, 0.2) is 0 Å². The second-order valence-corrected chi connectivity index (χ2v) is 18.5. The Balaban J connectivity index is 3.83. The Hall–Kier alpha value is 0.571. The van der Waals surface area contributed by atoms with Crippen LogP contribution in [-0.4, -0.2) is 36.2 Å². The molecular weight excluding hydrogens is 248 g/mol. The minimum Gasteiger partial charge on any atom is -0.432 e. The van der Waals surface area contributed by atoms with Gasteiger partial charge in [0.2, 0.25) is 0 Å². The molecule has 0 saturated heterocycles. The summed E-state index contributed by atoms with van der Waals surface area (Å²) in [5.74, 6) is 0. The van der Waals surface area contributed by atoms with Crippen LogP contribution in [0.5, 0.6) is 0 Å². The number of rotatable bonds is 7. The molecular formula is C11H30O2Si3. The van der Waals surface area contributed by atoms with Crippen molar-refractivity contribution in [1.29, 1.82) is 0 Å². The van der Waals surface area contributed by atoms with Gasteiger partial charge in [-0.05, 0) is 52.6 Å². The topological polar surface area (TPSA) is 29.5 Å². The molecule has 0 amide bonds. The summed E-state index contributed by atoms with van der Waals surface area (Å²) in [6.07, 6.45) is 1.19. The fraction of sp³-hybridized carbons (Fsp3) is 1.00. The largest absolute Gasteiger partial charge is 0.432 e. The smallest absolute Gasteiger partial charge is 0.183 e. The molecule has 98 valence electrons. The van der Waals surface area contributed by atoms with Crippen LogP contribution in [-0.2, 0) is 4.43 Å². The monoisotopic (exact) mass is 278 g/mol. The molecule has 0 unspecified atom stereocenters. The first-order chi connectivity index (χ1) is 6.91. The normalized spacial score (nSPS) is 15.0. The van der Waals surface area contributed by atoms with E-state index in [-0.39, 0.29) is 14.7 Å². The number of hydrogen-bond donors (Lipinski definition) is 1. The Morgan fingerprint density at radius 2 is 1.62 bits per heavy atom. The zero-order valence-corrected chi connectivity index (χ0v) is 15.6. The minimum absolute atomic E-state index is 0.144. The predicted octanol–water partition coefficient (Wildman–Crippen LogP) is 2.75. The highest BCUT2D eigenvalue weighted by Crippen LogP contribution is 2.19. The zero-order chi connectivity index (χ0) is 13.0. The third-order valence-corrected chi connectivity index (χ3v) is 7.63. The molecule has 0 rings (SSSR count). The van der Waals surface area contributed by atoms with Gasteiger partial charge >= 0.3 is 0 Å². The van der Waals surface area contributed by atoms with E-state index in [1.54, 1.807) is 0 Å². The lowest BCUT2D eigenvalue weighted by molar-refractivity contribution is 0.185. The summed E-state index contributed by atoms with van der Waals surface area (Å²) in [4.78, 5) is 9.76. The predicted molar refractivity (Wildman–Crippen MR) is 81.0 cm³/mol. The Morgan fingerprint density at radius 3 is 2.00 bits per heavy atom. The third kappa shape index (κ3) is 11.1. The summed E-state index contributed by atoms with van der Waals surface area (Å²) >= 11 is 0.